The van der Waals surface area contributed by atoms with E-state index in [2.05, 4.69) is 21.2 Å². The Labute approximate surface area is 138 Å². The zero-order valence-electron chi connectivity index (χ0n) is 11.7. The van der Waals surface area contributed by atoms with Gasteiger partial charge in [0.15, 0.2) is 9.84 Å². The third kappa shape index (κ3) is 5.30. The summed E-state index contributed by atoms with van der Waals surface area (Å²) >= 11 is 4.94. The van der Waals surface area contributed by atoms with Crippen molar-refractivity contribution in [3.8, 4) is 0 Å². The number of halogens is 1. The number of hydrogen-bond acceptors (Lipinski definition) is 4. The molecule has 0 aliphatic carbocycles. The van der Waals surface area contributed by atoms with Crippen LogP contribution in [0, 0.1) is 0 Å². The number of carbonyl (C=O) groups excluding carboxylic acids is 1. The predicted octanol–water partition coefficient (Wildman–Crippen LogP) is 2.37. The van der Waals surface area contributed by atoms with Crippen molar-refractivity contribution in [1.29, 1.82) is 0 Å². The molecular formula is C14H18BrNO3S2. The number of rotatable bonds is 5. The molecule has 2 unspecified atom stereocenters. The summed E-state index contributed by atoms with van der Waals surface area (Å²) in [4.78, 5) is 12.1. The van der Waals surface area contributed by atoms with E-state index in [1.807, 2.05) is 31.2 Å². The molecule has 0 radical (unpaired) electrons. The maximum Gasteiger partial charge on any atom is 0.233 e. The number of amides is 1. The fourth-order valence-electron chi connectivity index (χ4n) is 2.10. The van der Waals surface area contributed by atoms with E-state index in [0.717, 1.165) is 15.8 Å². The Morgan fingerprint density at radius 1 is 1.43 bits per heavy atom. The molecule has 7 heteroatoms. The molecule has 2 atom stereocenters. The molecule has 1 amide bonds. The van der Waals surface area contributed by atoms with Gasteiger partial charge in [-0.1, -0.05) is 28.1 Å². The van der Waals surface area contributed by atoms with Gasteiger partial charge in [0.1, 0.15) is 0 Å². The van der Waals surface area contributed by atoms with Crippen LogP contribution < -0.4 is 5.32 Å². The first-order valence-electron chi connectivity index (χ1n) is 6.72. The molecular weight excluding hydrogens is 374 g/mol. The molecule has 1 N–H and O–H groups in total. The van der Waals surface area contributed by atoms with Crippen molar-refractivity contribution in [3.05, 3.63) is 34.3 Å². The van der Waals surface area contributed by atoms with Gasteiger partial charge in [0, 0.05) is 16.3 Å². The highest BCUT2D eigenvalue weighted by molar-refractivity contribution is 9.10. The fourth-order valence-corrected chi connectivity index (χ4v) is 4.90. The fraction of sp³-hybridized carbons (Fsp3) is 0.500. The molecule has 0 spiro atoms. The molecule has 1 fully saturated rings. The SMILES string of the molecule is CC(SCc1ccc(Br)cc1)C(=O)NC1CCS(=O)(=O)C1. The van der Waals surface area contributed by atoms with E-state index in [4.69, 9.17) is 0 Å². The highest BCUT2D eigenvalue weighted by Crippen LogP contribution is 2.20. The molecule has 0 bridgehead atoms. The predicted molar refractivity (Wildman–Crippen MR) is 90.1 cm³/mol. The second kappa shape index (κ2) is 7.15. The van der Waals surface area contributed by atoms with Crippen molar-refractivity contribution < 1.29 is 13.2 Å². The van der Waals surface area contributed by atoms with Gasteiger partial charge in [-0.2, -0.15) is 0 Å². The first-order chi connectivity index (χ1) is 9.85. The summed E-state index contributed by atoms with van der Waals surface area (Å²) in [5.74, 6) is 0.922. The van der Waals surface area contributed by atoms with Gasteiger partial charge >= 0.3 is 0 Å². The van der Waals surface area contributed by atoms with E-state index in [9.17, 15) is 13.2 Å². The summed E-state index contributed by atoms with van der Waals surface area (Å²) < 4.78 is 23.8. The molecule has 1 heterocycles. The second-order valence-electron chi connectivity index (χ2n) is 5.19. The van der Waals surface area contributed by atoms with Gasteiger partial charge in [-0.3, -0.25) is 4.79 Å². The molecule has 1 saturated heterocycles. The van der Waals surface area contributed by atoms with Crippen LogP contribution in [0.15, 0.2) is 28.7 Å². The molecule has 0 aromatic heterocycles. The zero-order valence-corrected chi connectivity index (χ0v) is 14.9. The first-order valence-corrected chi connectivity index (χ1v) is 10.4. The Morgan fingerprint density at radius 2 is 2.10 bits per heavy atom. The monoisotopic (exact) mass is 391 g/mol. The molecule has 116 valence electrons. The van der Waals surface area contributed by atoms with Crippen LogP contribution in [0.25, 0.3) is 0 Å². The highest BCUT2D eigenvalue weighted by Gasteiger charge is 2.29. The van der Waals surface area contributed by atoms with Crippen molar-refractivity contribution in [2.45, 2.75) is 30.4 Å². The maximum atomic E-state index is 12.1. The van der Waals surface area contributed by atoms with E-state index >= 15 is 0 Å². The number of nitrogens with one attached hydrogen (secondary N) is 1. The molecule has 21 heavy (non-hydrogen) atoms. The third-order valence-electron chi connectivity index (χ3n) is 3.36. The van der Waals surface area contributed by atoms with Gasteiger partial charge < -0.3 is 5.32 Å². The third-order valence-corrected chi connectivity index (χ3v) is 6.87. The van der Waals surface area contributed by atoms with E-state index in [0.29, 0.717) is 6.42 Å². The average Bonchev–Trinajstić information content (AvgIpc) is 2.77. The molecule has 1 aromatic rings. The lowest BCUT2D eigenvalue weighted by atomic mass is 10.2. The van der Waals surface area contributed by atoms with Crippen LogP contribution in [0.4, 0.5) is 0 Å². The van der Waals surface area contributed by atoms with Gasteiger partial charge in [-0.05, 0) is 31.0 Å². The van der Waals surface area contributed by atoms with Gasteiger partial charge in [0.05, 0.1) is 16.8 Å². The maximum absolute atomic E-state index is 12.1. The van der Waals surface area contributed by atoms with E-state index in [-0.39, 0.29) is 28.7 Å². The summed E-state index contributed by atoms with van der Waals surface area (Å²) in [6.45, 7) is 1.85. The van der Waals surface area contributed by atoms with E-state index < -0.39 is 9.84 Å². The lowest BCUT2D eigenvalue weighted by Gasteiger charge is -2.15. The number of hydrogen-bond donors (Lipinski definition) is 1. The van der Waals surface area contributed by atoms with Crippen LogP contribution in [0.5, 0.6) is 0 Å². The largest absolute Gasteiger partial charge is 0.351 e. The highest BCUT2D eigenvalue weighted by atomic mass is 79.9. The van der Waals surface area contributed by atoms with Crippen molar-refractivity contribution in [2.75, 3.05) is 11.5 Å². The minimum Gasteiger partial charge on any atom is -0.351 e. The average molecular weight is 392 g/mol. The Bertz CT molecular complexity index is 601. The Kier molecular flexibility index (Phi) is 5.73. The topological polar surface area (TPSA) is 63.2 Å². The first kappa shape index (κ1) is 16.8. The van der Waals surface area contributed by atoms with Crippen molar-refractivity contribution >= 4 is 43.4 Å². The summed E-state index contributed by atoms with van der Waals surface area (Å²) in [6.07, 6.45) is 0.526. The number of thioether (sulfide) groups is 1. The van der Waals surface area contributed by atoms with Crippen LogP contribution in [0.1, 0.15) is 18.9 Å². The van der Waals surface area contributed by atoms with Crippen LogP contribution in [0.2, 0.25) is 0 Å². The second-order valence-corrected chi connectivity index (χ2v) is 9.66. The summed E-state index contributed by atoms with van der Waals surface area (Å²) in [5.41, 5.74) is 1.16. The van der Waals surface area contributed by atoms with Crippen LogP contribution in [-0.4, -0.2) is 37.1 Å². The van der Waals surface area contributed by atoms with Crippen molar-refractivity contribution in [2.24, 2.45) is 0 Å². The minimum atomic E-state index is -2.95. The zero-order chi connectivity index (χ0) is 15.5. The summed E-state index contributed by atoms with van der Waals surface area (Å²) in [6, 6.07) is 7.77. The number of carbonyl (C=O) groups is 1. The minimum absolute atomic E-state index is 0.0723. The quantitative estimate of drug-likeness (QED) is 0.836. The number of benzene rings is 1. The Morgan fingerprint density at radius 3 is 2.67 bits per heavy atom. The lowest BCUT2D eigenvalue weighted by Crippen LogP contribution is -2.40. The van der Waals surface area contributed by atoms with Crippen molar-refractivity contribution in [1.82, 2.24) is 5.32 Å². The van der Waals surface area contributed by atoms with Gasteiger partial charge in [0.2, 0.25) is 5.91 Å². The molecule has 1 aliphatic rings. The van der Waals surface area contributed by atoms with Crippen molar-refractivity contribution in [3.63, 3.8) is 0 Å². The standard InChI is InChI=1S/C14H18BrNO3S2/c1-10(20-8-11-2-4-12(15)5-3-11)14(17)16-13-6-7-21(18,19)9-13/h2-5,10,13H,6-9H2,1H3,(H,16,17). The molecule has 2 rings (SSSR count). The molecule has 0 saturated carbocycles. The smallest absolute Gasteiger partial charge is 0.233 e. The normalized spacial score (nSPS) is 21.9. The Balaban J connectivity index is 1.79. The number of sulfone groups is 1. The van der Waals surface area contributed by atoms with Crippen LogP contribution >= 0.6 is 27.7 Å². The molecule has 1 aromatic carbocycles. The molecule has 1 aliphatic heterocycles. The van der Waals surface area contributed by atoms with E-state index in [1.54, 1.807) is 11.8 Å². The lowest BCUT2D eigenvalue weighted by molar-refractivity contribution is -0.120. The Hall–Kier alpha value is -0.530. The summed E-state index contributed by atoms with van der Waals surface area (Å²) in [7, 11) is -2.95. The van der Waals surface area contributed by atoms with Gasteiger partial charge in [0.25, 0.3) is 0 Å². The van der Waals surface area contributed by atoms with Gasteiger partial charge in [-0.25, -0.2) is 8.42 Å². The van der Waals surface area contributed by atoms with E-state index in [1.165, 1.54) is 0 Å². The van der Waals surface area contributed by atoms with Crippen LogP contribution in [0.3, 0.4) is 0 Å². The summed E-state index contributed by atoms with van der Waals surface area (Å²) in [5, 5.41) is 2.64. The van der Waals surface area contributed by atoms with Crippen LogP contribution in [-0.2, 0) is 20.4 Å². The van der Waals surface area contributed by atoms with Gasteiger partial charge in [-0.15, -0.1) is 11.8 Å². The molecule has 4 nitrogen and oxygen atoms in total.